The number of H-pyrrole nitrogens is 1. The van der Waals surface area contributed by atoms with Crippen LogP contribution in [0.15, 0.2) is 24.3 Å². The van der Waals surface area contributed by atoms with Crippen molar-refractivity contribution in [2.45, 2.75) is 97.5 Å². The predicted molar refractivity (Wildman–Crippen MR) is 128 cm³/mol. The molecule has 0 bridgehead atoms. The van der Waals surface area contributed by atoms with E-state index < -0.39 is 5.60 Å². The molecule has 1 aromatic heterocycles. The summed E-state index contributed by atoms with van der Waals surface area (Å²) in [7, 11) is 0. The molecule has 2 heteroatoms. The average Bonchev–Trinajstić information content (AvgIpc) is 3.24. The summed E-state index contributed by atoms with van der Waals surface area (Å²) in [5.74, 6) is 2.76. The van der Waals surface area contributed by atoms with Crippen molar-refractivity contribution in [3.63, 3.8) is 0 Å². The highest BCUT2D eigenvalue weighted by Gasteiger charge is 2.65. The first-order chi connectivity index (χ1) is 14.6. The average molecular weight is 420 g/mol. The number of benzene rings is 1. The van der Waals surface area contributed by atoms with Crippen molar-refractivity contribution in [1.82, 2.24) is 4.98 Å². The minimum absolute atomic E-state index is 0.356. The summed E-state index contributed by atoms with van der Waals surface area (Å²) in [5.41, 5.74) is 5.16. The molecule has 4 aliphatic carbocycles. The van der Waals surface area contributed by atoms with Gasteiger partial charge in [-0.25, -0.2) is 0 Å². The lowest BCUT2D eigenvalue weighted by Gasteiger charge is -2.68. The first kappa shape index (κ1) is 20.3. The molecule has 4 aliphatic rings. The molecule has 0 amide bonds. The van der Waals surface area contributed by atoms with Gasteiger partial charge < -0.3 is 10.1 Å². The molecule has 2 nitrogen and oxygen atoms in total. The van der Waals surface area contributed by atoms with Gasteiger partial charge in [0, 0.05) is 22.5 Å². The number of hydrogen-bond acceptors (Lipinski definition) is 1. The molecule has 168 valence electrons. The lowest BCUT2D eigenvalue weighted by molar-refractivity contribution is -0.189. The maximum Gasteiger partial charge on any atom is 0.0620 e. The number of para-hydroxylation sites is 1. The molecule has 0 radical (unpaired) electrons. The van der Waals surface area contributed by atoms with Crippen LogP contribution < -0.4 is 0 Å². The number of aliphatic hydroxyl groups is 1. The van der Waals surface area contributed by atoms with Crippen molar-refractivity contribution in [2.24, 2.45) is 34.0 Å². The second-order valence-electron chi connectivity index (χ2n) is 13.2. The third kappa shape index (κ3) is 2.55. The van der Waals surface area contributed by atoms with Crippen LogP contribution in [0.1, 0.15) is 96.7 Å². The van der Waals surface area contributed by atoms with Gasteiger partial charge in [-0.1, -0.05) is 39.0 Å². The molecule has 1 aromatic carbocycles. The largest absolute Gasteiger partial charge is 0.390 e. The van der Waals surface area contributed by atoms with Crippen molar-refractivity contribution in [1.29, 1.82) is 0 Å². The molecule has 2 N–H and O–H groups in total. The standard InChI is InChI=1S/C29H41NO/c1-26(2,31)19-12-13-29(5)23-11-10-18-16-21-20-8-6-7-9-22(20)30-25(21)24(18)28(23,4)15-14-27(29,3)17-19/h6-9,18-19,23-24,30-31H,10-17H2,1-5H3/t18?,19?,23?,24?,27-,28?,29?/m1/s1. The van der Waals surface area contributed by atoms with Crippen LogP contribution in [0.5, 0.6) is 0 Å². The molecule has 0 aliphatic heterocycles. The fourth-order valence-electron chi connectivity index (χ4n) is 9.55. The van der Waals surface area contributed by atoms with E-state index >= 15 is 0 Å². The zero-order valence-corrected chi connectivity index (χ0v) is 20.2. The van der Waals surface area contributed by atoms with Gasteiger partial charge in [0.15, 0.2) is 0 Å². The Bertz CT molecular complexity index is 1030. The van der Waals surface area contributed by atoms with Crippen molar-refractivity contribution in [3.05, 3.63) is 35.5 Å². The van der Waals surface area contributed by atoms with Crippen LogP contribution in [0.3, 0.4) is 0 Å². The lowest BCUT2D eigenvalue weighted by atomic mass is 9.36. The van der Waals surface area contributed by atoms with Crippen LogP contribution in [-0.4, -0.2) is 15.7 Å². The van der Waals surface area contributed by atoms with Gasteiger partial charge in [0.25, 0.3) is 0 Å². The van der Waals surface area contributed by atoms with Gasteiger partial charge in [0.1, 0.15) is 0 Å². The molecule has 2 aromatic rings. The van der Waals surface area contributed by atoms with Gasteiger partial charge in [-0.05, 0) is 111 Å². The van der Waals surface area contributed by atoms with Crippen LogP contribution >= 0.6 is 0 Å². The smallest absolute Gasteiger partial charge is 0.0620 e. The highest BCUT2D eigenvalue weighted by Crippen LogP contribution is 2.74. The summed E-state index contributed by atoms with van der Waals surface area (Å²) < 4.78 is 0. The predicted octanol–water partition coefficient (Wildman–Crippen LogP) is 7.22. The number of fused-ring (bicyclic) bond motifs is 9. The molecule has 6 rings (SSSR count). The van der Waals surface area contributed by atoms with E-state index in [2.05, 4.69) is 50.0 Å². The maximum atomic E-state index is 10.8. The molecule has 3 fully saturated rings. The zero-order valence-electron chi connectivity index (χ0n) is 20.2. The van der Waals surface area contributed by atoms with Crippen molar-refractivity contribution < 1.29 is 5.11 Å². The molecular formula is C29H41NO. The van der Waals surface area contributed by atoms with Crippen LogP contribution in [0.25, 0.3) is 10.9 Å². The molecule has 6 unspecified atom stereocenters. The van der Waals surface area contributed by atoms with Crippen molar-refractivity contribution >= 4 is 10.9 Å². The van der Waals surface area contributed by atoms with Gasteiger partial charge in [0.2, 0.25) is 0 Å². The summed E-state index contributed by atoms with van der Waals surface area (Å²) in [4.78, 5) is 3.92. The Labute approximate surface area is 188 Å². The highest BCUT2D eigenvalue weighted by molar-refractivity contribution is 5.85. The summed E-state index contributed by atoms with van der Waals surface area (Å²) >= 11 is 0. The van der Waals surface area contributed by atoms with E-state index in [0.29, 0.717) is 28.1 Å². The Morgan fingerprint density at radius 3 is 2.55 bits per heavy atom. The fraction of sp³-hybridized carbons (Fsp3) is 0.724. The maximum absolute atomic E-state index is 10.8. The molecule has 3 saturated carbocycles. The van der Waals surface area contributed by atoms with Gasteiger partial charge in [-0.2, -0.15) is 0 Å². The molecule has 31 heavy (non-hydrogen) atoms. The number of aromatic amines is 1. The zero-order chi connectivity index (χ0) is 21.8. The molecule has 0 saturated heterocycles. The van der Waals surface area contributed by atoms with Crippen LogP contribution in [0, 0.1) is 34.0 Å². The minimum Gasteiger partial charge on any atom is -0.390 e. The lowest BCUT2D eigenvalue weighted by Crippen LogP contribution is -2.60. The summed E-state index contributed by atoms with van der Waals surface area (Å²) in [6.45, 7) is 12.0. The molecule has 7 atom stereocenters. The van der Waals surface area contributed by atoms with Crippen molar-refractivity contribution in [3.8, 4) is 0 Å². The monoisotopic (exact) mass is 419 g/mol. The normalized spacial score (nSPS) is 44.5. The fourth-order valence-corrected chi connectivity index (χ4v) is 9.55. The third-order valence-corrected chi connectivity index (χ3v) is 11.5. The number of rotatable bonds is 1. The van der Waals surface area contributed by atoms with E-state index in [0.717, 1.165) is 11.8 Å². The van der Waals surface area contributed by atoms with Gasteiger partial charge in [-0.15, -0.1) is 0 Å². The Morgan fingerprint density at radius 2 is 1.77 bits per heavy atom. The van der Waals surface area contributed by atoms with E-state index in [-0.39, 0.29) is 0 Å². The van der Waals surface area contributed by atoms with Gasteiger partial charge >= 0.3 is 0 Å². The summed E-state index contributed by atoms with van der Waals surface area (Å²) in [6.07, 6.45) is 10.4. The van der Waals surface area contributed by atoms with Gasteiger partial charge in [0.05, 0.1) is 5.60 Å². The van der Waals surface area contributed by atoms with Gasteiger partial charge in [-0.3, -0.25) is 0 Å². The third-order valence-electron chi connectivity index (χ3n) is 11.5. The Balaban J connectivity index is 1.41. The molecule has 1 heterocycles. The minimum atomic E-state index is -0.548. The highest BCUT2D eigenvalue weighted by atomic mass is 16.3. The number of hydrogen-bond donors (Lipinski definition) is 2. The Hall–Kier alpha value is -1.28. The van der Waals surface area contributed by atoms with E-state index in [9.17, 15) is 5.11 Å². The first-order valence-electron chi connectivity index (χ1n) is 12.9. The second kappa shape index (κ2) is 6.19. The summed E-state index contributed by atoms with van der Waals surface area (Å²) in [6, 6.07) is 8.98. The second-order valence-corrected chi connectivity index (χ2v) is 13.2. The van der Waals surface area contributed by atoms with Crippen LogP contribution in [0.2, 0.25) is 0 Å². The van der Waals surface area contributed by atoms with E-state index in [1.54, 1.807) is 11.3 Å². The Morgan fingerprint density at radius 1 is 1.00 bits per heavy atom. The number of nitrogens with one attached hydrogen (secondary N) is 1. The first-order valence-corrected chi connectivity index (χ1v) is 12.9. The SMILES string of the molecule is CC(C)(O)C1CCC2(C)C3CCC4Cc5c([nH]c6ccccc56)C4C3(C)CC[C@]2(C)C1. The topological polar surface area (TPSA) is 36.0 Å². The van der Waals surface area contributed by atoms with Crippen LogP contribution in [-0.2, 0) is 6.42 Å². The van der Waals surface area contributed by atoms with Crippen molar-refractivity contribution in [2.75, 3.05) is 0 Å². The number of aromatic nitrogens is 1. The summed E-state index contributed by atoms with van der Waals surface area (Å²) in [5, 5.41) is 12.3. The molecule has 0 spiro atoms. The Kier molecular flexibility index (Phi) is 4.06. The van der Waals surface area contributed by atoms with E-state index in [1.165, 1.54) is 62.3 Å². The van der Waals surface area contributed by atoms with Crippen LogP contribution in [0.4, 0.5) is 0 Å². The molecular weight excluding hydrogens is 378 g/mol. The van der Waals surface area contributed by atoms with E-state index in [4.69, 9.17) is 0 Å². The quantitative estimate of drug-likeness (QED) is 0.503. The van der Waals surface area contributed by atoms with E-state index in [1.807, 2.05) is 13.8 Å².